The summed E-state index contributed by atoms with van der Waals surface area (Å²) in [5.41, 5.74) is 1.82. The van der Waals surface area contributed by atoms with Crippen LogP contribution >= 0.6 is 0 Å². The molecule has 3 rings (SSSR count). The van der Waals surface area contributed by atoms with Gasteiger partial charge in [-0.1, -0.05) is 30.3 Å². The van der Waals surface area contributed by atoms with Gasteiger partial charge in [0.25, 0.3) is 15.9 Å². The molecule has 1 amide bonds. The molecule has 0 spiro atoms. The molecule has 1 aliphatic heterocycles. The highest BCUT2D eigenvalue weighted by Crippen LogP contribution is 2.38. The summed E-state index contributed by atoms with van der Waals surface area (Å²) >= 11 is 0. The number of nitrogens with zero attached hydrogens (tertiary/aromatic N) is 4. The van der Waals surface area contributed by atoms with Gasteiger partial charge in [0.1, 0.15) is 5.71 Å². The van der Waals surface area contributed by atoms with Crippen LogP contribution < -0.4 is 0 Å². The Morgan fingerprint density at radius 2 is 1.79 bits per heavy atom. The van der Waals surface area contributed by atoms with E-state index in [9.17, 15) is 13.2 Å². The van der Waals surface area contributed by atoms with Gasteiger partial charge < -0.3 is 0 Å². The normalized spacial score (nSPS) is 20.6. The van der Waals surface area contributed by atoms with Gasteiger partial charge in [-0.3, -0.25) is 14.5 Å². The quantitative estimate of drug-likeness (QED) is 0.701. The molecule has 8 heteroatoms. The highest BCUT2D eigenvalue weighted by molar-refractivity contribution is 7.91. The standard InChI is InChI=1S/C21H28N4O3S/c1-15-14-16(2)24(23-15)13-9-12-22-18-19(17-10-7-6-8-11-17)29(27,28)25(20(18)26)21(3,4)5/h6-8,10-11,14,19H,9,12-13H2,1-5H3. The molecule has 1 aromatic heterocycles. The minimum atomic E-state index is -3.89. The third kappa shape index (κ3) is 4.12. The predicted molar refractivity (Wildman–Crippen MR) is 113 cm³/mol. The van der Waals surface area contributed by atoms with Gasteiger partial charge in [0.2, 0.25) is 0 Å². The average molecular weight is 417 g/mol. The van der Waals surface area contributed by atoms with Gasteiger partial charge in [-0.2, -0.15) is 5.10 Å². The van der Waals surface area contributed by atoms with Gasteiger partial charge in [-0.05, 0) is 52.7 Å². The highest BCUT2D eigenvalue weighted by Gasteiger charge is 2.54. The summed E-state index contributed by atoms with van der Waals surface area (Å²) in [6.45, 7) is 10.1. The van der Waals surface area contributed by atoms with E-state index in [0.29, 0.717) is 25.1 Å². The summed E-state index contributed by atoms with van der Waals surface area (Å²) in [5, 5.41) is 3.36. The van der Waals surface area contributed by atoms with Gasteiger partial charge in [0, 0.05) is 18.8 Å². The molecule has 1 saturated heterocycles. The van der Waals surface area contributed by atoms with Crippen LogP contribution in [-0.2, 0) is 21.4 Å². The van der Waals surface area contributed by atoms with Crippen molar-refractivity contribution in [2.45, 2.75) is 58.4 Å². The van der Waals surface area contributed by atoms with E-state index in [1.54, 1.807) is 45.0 Å². The summed E-state index contributed by atoms with van der Waals surface area (Å²) in [6, 6.07) is 10.8. The zero-order chi connectivity index (χ0) is 21.4. The van der Waals surface area contributed by atoms with Gasteiger partial charge in [0.05, 0.1) is 11.2 Å². The van der Waals surface area contributed by atoms with Crippen molar-refractivity contribution in [1.29, 1.82) is 0 Å². The van der Waals surface area contributed by atoms with Crippen molar-refractivity contribution in [2.75, 3.05) is 6.54 Å². The molecule has 1 atom stereocenters. The van der Waals surface area contributed by atoms with E-state index in [1.165, 1.54) is 0 Å². The topological polar surface area (TPSA) is 84.6 Å². The molecule has 2 aromatic rings. The Balaban J connectivity index is 1.90. The van der Waals surface area contributed by atoms with Crippen LogP contribution in [0.1, 0.15) is 49.4 Å². The Kier molecular flexibility index (Phi) is 5.67. The molecule has 2 heterocycles. The minimum absolute atomic E-state index is 0.0968. The first-order valence-electron chi connectivity index (χ1n) is 9.72. The maximum Gasteiger partial charge on any atom is 0.283 e. The van der Waals surface area contributed by atoms with E-state index < -0.39 is 26.7 Å². The first-order valence-corrected chi connectivity index (χ1v) is 11.2. The fourth-order valence-corrected chi connectivity index (χ4v) is 5.95. The molecule has 0 N–H and O–H groups in total. The lowest BCUT2D eigenvalue weighted by Gasteiger charge is -2.30. The molecule has 1 aliphatic rings. The number of aliphatic imine (C=N–C) groups is 1. The first kappa shape index (κ1) is 21.2. The molecule has 156 valence electrons. The number of rotatable bonds is 5. The number of aryl methyl sites for hydroxylation is 3. The van der Waals surface area contributed by atoms with Crippen molar-refractivity contribution in [2.24, 2.45) is 4.99 Å². The number of carbonyl (C=O) groups excluding carboxylic acids is 1. The third-order valence-corrected chi connectivity index (χ3v) is 7.14. The van der Waals surface area contributed by atoms with Crippen molar-refractivity contribution in [3.05, 3.63) is 53.3 Å². The van der Waals surface area contributed by atoms with E-state index in [2.05, 4.69) is 10.1 Å². The number of benzene rings is 1. The maximum atomic E-state index is 13.3. The second-order valence-corrected chi connectivity index (χ2v) is 10.2. The molecule has 29 heavy (non-hydrogen) atoms. The Morgan fingerprint density at radius 1 is 1.14 bits per heavy atom. The molecule has 0 saturated carbocycles. The zero-order valence-electron chi connectivity index (χ0n) is 17.6. The third-order valence-electron chi connectivity index (χ3n) is 4.83. The monoisotopic (exact) mass is 416 g/mol. The van der Waals surface area contributed by atoms with Crippen LogP contribution in [0, 0.1) is 13.8 Å². The first-order chi connectivity index (χ1) is 13.5. The Hall–Kier alpha value is -2.48. The van der Waals surface area contributed by atoms with E-state index >= 15 is 0 Å². The van der Waals surface area contributed by atoms with Crippen LogP contribution in [0.25, 0.3) is 0 Å². The van der Waals surface area contributed by atoms with Crippen LogP contribution in [0.15, 0.2) is 41.4 Å². The lowest BCUT2D eigenvalue weighted by Crippen LogP contribution is -2.45. The van der Waals surface area contributed by atoms with E-state index in [0.717, 1.165) is 15.7 Å². The largest absolute Gasteiger partial charge is 0.283 e. The number of sulfonamides is 1. The SMILES string of the molecule is Cc1cc(C)n(CCCN=C2C(=O)N(C(C)(C)C)S(=O)(=O)C2c2ccccc2)n1. The van der Waals surface area contributed by atoms with E-state index in [1.807, 2.05) is 30.7 Å². The number of aromatic nitrogens is 2. The highest BCUT2D eigenvalue weighted by atomic mass is 32.2. The fourth-order valence-electron chi connectivity index (χ4n) is 3.69. The second-order valence-electron chi connectivity index (χ2n) is 8.35. The summed E-state index contributed by atoms with van der Waals surface area (Å²) in [5.74, 6) is -0.530. The van der Waals surface area contributed by atoms with Crippen LogP contribution in [0.5, 0.6) is 0 Å². The van der Waals surface area contributed by atoms with Crippen LogP contribution in [0.2, 0.25) is 0 Å². The maximum absolute atomic E-state index is 13.3. The minimum Gasteiger partial charge on any atom is -0.282 e. The molecule has 7 nitrogen and oxygen atoms in total. The van der Waals surface area contributed by atoms with Crippen LogP contribution in [0.4, 0.5) is 0 Å². The Labute approximate surface area is 172 Å². The Bertz CT molecular complexity index is 1030. The van der Waals surface area contributed by atoms with E-state index in [4.69, 9.17) is 0 Å². The fraction of sp³-hybridized carbons (Fsp3) is 0.476. The summed E-state index contributed by atoms with van der Waals surface area (Å²) in [6.07, 6.45) is 0.663. The average Bonchev–Trinajstić information content (AvgIpc) is 3.03. The van der Waals surface area contributed by atoms with Crippen molar-refractivity contribution in [3.8, 4) is 0 Å². The molecule has 1 unspecified atom stereocenters. The molecule has 0 aliphatic carbocycles. The van der Waals surface area contributed by atoms with Gasteiger partial charge in [-0.15, -0.1) is 0 Å². The number of amides is 1. The molecule has 1 fully saturated rings. The lowest BCUT2D eigenvalue weighted by atomic mass is 10.1. The number of carbonyl (C=O) groups is 1. The van der Waals surface area contributed by atoms with E-state index in [-0.39, 0.29) is 5.71 Å². The van der Waals surface area contributed by atoms with Crippen molar-refractivity contribution >= 4 is 21.6 Å². The molecular weight excluding hydrogens is 388 g/mol. The Morgan fingerprint density at radius 3 is 2.34 bits per heavy atom. The number of hydrogen-bond donors (Lipinski definition) is 0. The predicted octanol–water partition coefficient (Wildman–Crippen LogP) is 3.04. The van der Waals surface area contributed by atoms with Crippen molar-refractivity contribution < 1.29 is 13.2 Å². The van der Waals surface area contributed by atoms with Crippen LogP contribution in [0.3, 0.4) is 0 Å². The van der Waals surface area contributed by atoms with Crippen LogP contribution in [-0.4, -0.2) is 46.2 Å². The van der Waals surface area contributed by atoms with Crippen molar-refractivity contribution in [3.63, 3.8) is 0 Å². The van der Waals surface area contributed by atoms with Crippen molar-refractivity contribution in [1.82, 2.24) is 14.1 Å². The smallest absolute Gasteiger partial charge is 0.282 e. The van der Waals surface area contributed by atoms with Gasteiger partial charge in [0.15, 0.2) is 5.25 Å². The lowest BCUT2D eigenvalue weighted by molar-refractivity contribution is -0.122. The summed E-state index contributed by atoms with van der Waals surface area (Å²) < 4.78 is 29.4. The molecule has 0 bridgehead atoms. The number of hydrogen-bond acceptors (Lipinski definition) is 5. The molecular formula is C21H28N4O3S. The van der Waals surface area contributed by atoms with Gasteiger partial charge in [-0.25, -0.2) is 12.7 Å². The van der Waals surface area contributed by atoms with Gasteiger partial charge >= 0.3 is 0 Å². The summed E-state index contributed by atoms with van der Waals surface area (Å²) in [4.78, 5) is 17.5. The summed E-state index contributed by atoms with van der Waals surface area (Å²) in [7, 11) is -3.89. The second kappa shape index (κ2) is 7.74. The molecule has 1 aromatic carbocycles. The zero-order valence-corrected chi connectivity index (χ0v) is 18.4. The molecule has 0 radical (unpaired) electrons.